The SMILES string of the molecule is [C]1CCCc2ccccc2-c2ccccc21. The molecule has 2 radical (unpaired) electrons. The average molecular weight is 206 g/mol. The molecule has 2 aromatic carbocycles. The van der Waals surface area contributed by atoms with Crippen molar-refractivity contribution in [2.24, 2.45) is 0 Å². The van der Waals surface area contributed by atoms with Gasteiger partial charge in [-0.25, -0.2) is 0 Å². The topological polar surface area (TPSA) is 0 Å². The van der Waals surface area contributed by atoms with E-state index in [1.807, 2.05) is 0 Å². The predicted molar refractivity (Wildman–Crippen MR) is 67.2 cm³/mol. The third-order valence-corrected chi connectivity index (χ3v) is 3.17. The first kappa shape index (κ1) is 9.65. The largest absolute Gasteiger partial charge is 0.0620 e. The van der Waals surface area contributed by atoms with E-state index in [0.29, 0.717) is 0 Å². The maximum absolute atomic E-state index is 3.51. The summed E-state index contributed by atoms with van der Waals surface area (Å²) in [6.07, 6.45) is 6.93. The maximum Gasteiger partial charge on any atom is 0.0171 e. The molecule has 0 nitrogen and oxygen atoms in total. The molecule has 0 heterocycles. The van der Waals surface area contributed by atoms with Crippen molar-refractivity contribution < 1.29 is 0 Å². The van der Waals surface area contributed by atoms with E-state index in [2.05, 4.69) is 55.0 Å². The molecule has 0 fully saturated rings. The van der Waals surface area contributed by atoms with E-state index < -0.39 is 0 Å². The van der Waals surface area contributed by atoms with Crippen LogP contribution in [0, 0.1) is 6.42 Å². The van der Waals surface area contributed by atoms with Crippen molar-refractivity contribution in [3.05, 3.63) is 66.1 Å². The Morgan fingerprint density at radius 2 is 1.56 bits per heavy atom. The molecule has 0 aromatic heterocycles. The van der Waals surface area contributed by atoms with Gasteiger partial charge in [0.25, 0.3) is 0 Å². The van der Waals surface area contributed by atoms with E-state index in [1.165, 1.54) is 28.7 Å². The molecule has 1 aliphatic carbocycles. The molecule has 78 valence electrons. The Balaban J connectivity index is 2.22. The molecule has 0 saturated heterocycles. The highest BCUT2D eigenvalue weighted by molar-refractivity contribution is 5.72. The van der Waals surface area contributed by atoms with Crippen molar-refractivity contribution in [1.29, 1.82) is 0 Å². The molecular weight excluding hydrogens is 192 g/mol. The van der Waals surface area contributed by atoms with Crippen LogP contribution in [0.15, 0.2) is 48.5 Å². The van der Waals surface area contributed by atoms with Crippen LogP contribution in [-0.4, -0.2) is 0 Å². The van der Waals surface area contributed by atoms with Crippen molar-refractivity contribution >= 4 is 0 Å². The van der Waals surface area contributed by atoms with Crippen LogP contribution in [0.4, 0.5) is 0 Å². The normalized spacial score (nSPS) is 14.5. The smallest absolute Gasteiger partial charge is 0.0171 e. The molecule has 1 aliphatic rings. The fourth-order valence-corrected chi connectivity index (χ4v) is 2.38. The lowest BCUT2D eigenvalue weighted by atomic mass is 9.88. The van der Waals surface area contributed by atoms with Crippen molar-refractivity contribution in [3.8, 4) is 11.1 Å². The number of aryl methyl sites for hydroxylation is 1. The van der Waals surface area contributed by atoms with Crippen molar-refractivity contribution in [2.75, 3.05) is 0 Å². The summed E-state index contributed by atoms with van der Waals surface area (Å²) in [5.41, 5.74) is 5.44. The number of fused-ring (bicyclic) bond motifs is 3. The van der Waals surface area contributed by atoms with E-state index in [9.17, 15) is 0 Å². The maximum atomic E-state index is 3.51. The highest BCUT2D eigenvalue weighted by Crippen LogP contribution is 2.31. The Kier molecular flexibility index (Phi) is 2.49. The molecule has 0 N–H and O–H groups in total. The monoisotopic (exact) mass is 206 g/mol. The summed E-state index contributed by atoms with van der Waals surface area (Å²) >= 11 is 0. The van der Waals surface area contributed by atoms with Crippen LogP contribution in [0.2, 0.25) is 0 Å². The van der Waals surface area contributed by atoms with Gasteiger partial charge < -0.3 is 0 Å². The molecule has 0 spiro atoms. The molecule has 0 amide bonds. The summed E-state index contributed by atoms with van der Waals surface area (Å²) in [6.45, 7) is 0. The minimum atomic E-state index is 1.06. The van der Waals surface area contributed by atoms with Gasteiger partial charge in [0, 0.05) is 6.42 Å². The van der Waals surface area contributed by atoms with Gasteiger partial charge in [0.15, 0.2) is 0 Å². The van der Waals surface area contributed by atoms with E-state index in [4.69, 9.17) is 0 Å². The fraction of sp³-hybridized carbons (Fsp3) is 0.188. The lowest BCUT2D eigenvalue weighted by molar-refractivity contribution is 0.811. The van der Waals surface area contributed by atoms with Crippen LogP contribution < -0.4 is 0 Å². The van der Waals surface area contributed by atoms with Gasteiger partial charge in [0.05, 0.1) is 0 Å². The summed E-state index contributed by atoms with van der Waals surface area (Å²) in [7, 11) is 0. The Bertz CT molecular complexity index is 449. The van der Waals surface area contributed by atoms with Gasteiger partial charge in [0.2, 0.25) is 0 Å². The lowest BCUT2D eigenvalue weighted by Crippen LogP contribution is -1.98. The second-order valence-corrected chi connectivity index (χ2v) is 4.23. The van der Waals surface area contributed by atoms with E-state index in [0.717, 1.165) is 12.8 Å². The molecule has 0 aliphatic heterocycles. The summed E-state index contributed by atoms with van der Waals surface area (Å²) in [5, 5.41) is 0. The fourth-order valence-electron chi connectivity index (χ4n) is 2.38. The Morgan fingerprint density at radius 1 is 0.812 bits per heavy atom. The molecule has 0 unspecified atom stereocenters. The van der Waals surface area contributed by atoms with Crippen molar-refractivity contribution in [2.45, 2.75) is 19.3 Å². The first-order valence-corrected chi connectivity index (χ1v) is 5.86. The predicted octanol–water partition coefficient (Wildman–Crippen LogP) is 4.12. The van der Waals surface area contributed by atoms with Crippen LogP contribution in [0.1, 0.15) is 24.0 Å². The highest BCUT2D eigenvalue weighted by atomic mass is 14.2. The zero-order valence-corrected chi connectivity index (χ0v) is 9.24. The molecule has 0 bridgehead atoms. The van der Waals surface area contributed by atoms with Gasteiger partial charge in [-0.05, 0) is 41.5 Å². The summed E-state index contributed by atoms with van der Waals surface area (Å²) in [6, 6.07) is 17.3. The van der Waals surface area contributed by atoms with Crippen LogP contribution in [-0.2, 0) is 6.42 Å². The average Bonchev–Trinajstić information content (AvgIpc) is 2.33. The lowest BCUT2D eigenvalue weighted by Gasteiger charge is -2.16. The highest BCUT2D eigenvalue weighted by Gasteiger charge is 2.11. The van der Waals surface area contributed by atoms with Gasteiger partial charge in [0.1, 0.15) is 0 Å². The number of rotatable bonds is 0. The third kappa shape index (κ3) is 1.65. The Labute approximate surface area is 96.9 Å². The van der Waals surface area contributed by atoms with Crippen LogP contribution in [0.5, 0.6) is 0 Å². The standard InChI is InChI=1S/C16H14/c1-2-8-14-10-4-6-12-16(14)15-11-5-3-9-13(15)7-1/h3-6,9-12H,1-2,7H2. The third-order valence-electron chi connectivity index (χ3n) is 3.17. The first-order chi connectivity index (χ1) is 7.95. The van der Waals surface area contributed by atoms with Gasteiger partial charge in [-0.15, -0.1) is 0 Å². The summed E-state index contributed by atoms with van der Waals surface area (Å²) in [5.74, 6) is 0. The number of benzene rings is 2. The van der Waals surface area contributed by atoms with Crippen LogP contribution >= 0.6 is 0 Å². The van der Waals surface area contributed by atoms with Crippen molar-refractivity contribution in [3.63, 3.8) is 0 Å². The zero-order chi connectivity index (χ0) is 10.8. The Hall–Kier alpha value is -1.56. The molecular formula is C16H14. The number of hydrogen-bond donors (Lipinski definition) is 0. The molecule has 2 aromatic rings. The summed E-state index contributed by atoms with van der Waals surface area (Å²) < 4.78 is 0. The molecule has 16 heavy (non-hydrogen) atoms. The minimum absolute atomic E-state index is 1.06. The molecule has 0 saturated carbocycles. The second kappa shape index (κ2) is 4.13. The second-order valence-electron chi connectivity index (χ2n) is 4.23. The van der Waals surface area contributed by atoms with E-state index >= 15 is 0 Å². The van der Waals surface area contributed by atoms with Gasteiger partial charge in [-0.1, -0.05) is 48.5 Å². The summed E-state index contributed by atoms with van der Waals surface area (Å²) in [4.78, 5) is 0. The molecule has 0 atom stereocenters. The van der Waals surface area contributed by atoms with Crippen LogP contribution in [0.25, 0.3) is 11.1 Å². The van der Waals surface area contributed by atoms with Crippen LogP contribution in [0.3, 0.4) is 0 Å². The molecule has 3 rings (SSSR count). The number of hydrogen-bond acceptors (Lipinski definition) is 0. The van der Waals surface area contributed by atoms with Crippen molar-refractivity contribution in [1.82, 2.24) is 0 Å². The first-order valence-electron chi connectivity index (χ1n) is 5.86. The van der Waals surface area contributed by atoms with Gasteiger partial charge >= 0.3 is 0 Å². The van der Waals surface area contributed by atoms with Gasteiger partial charge in [-0.2, -0.15) is 0 Å². The van der Waals surface area contributed by atoms with E-state index in [-0.39, 0.29) is 0 Å². The Morgan fingerprint density at radius 3 is 2.50 bits per heavy atom. The minimum Gasteiger partial charge on any atom is -0.0620 e. The quantitative estimate of drug-likeness (QED) is 0.608. The van der Waals surface area contributed by atoms with E-state index in [1.54, 1.807) is 0 Å². The molecule has 0 heteroatoms. The van der Waals surface area contributed by atoms with Gasteiger partial charge in [-0.3, -0.25) is 0 Å². The zero-order valence-electron chi connectivity index (χ0n) is 9.24.